The molecule has 1 N–H and O–H groups in total. The molecule has 0 aliphatic heterocycles. The Balaban J connectivity index is 2.49. The SMILES string of the molecule is CCCC(CNCC)N(CC)C1CCCC1. The lowest BCUT2D eigenvalue weighted by molar-refractivity contribution is 0.133. The Hall–Kier alpha value is -0.0800. The molecule has 1 fully saturated rings. The van der Waals surface area contributed by atoms with Gasteiger partial charge in [0.15, 0.2) is 0 Å². The van der Waals surface area contributed by atoms with Gasteiger partial charge >= 0.3 is 0 Å². The van der Waals surface area contributed by atoms with E-state index in [-0.39, 0.29) is 0 Å². The van der Waals surface area contributed by atoms with E-state index in [1.54, 1.807) is 0 Å². The predicted octanol–water partition coefficient (Wildman–Crippen LogP) is 3.03. The molecule has 0 aromatic carbocycles. The second-order valence-electron chi connectivity index (χ2n) is 5.02. The Bertz CT molecular complexity index is 164. The molecule has 1 atom stereocenters. The minimum Gasteiger partial charge on any atom is -0.315 e. The first-order chi connectivity index (χ1) is 7.83. The number of nitrogens with one attached hydrogen (secondary N) is 1. The normalized spacial score (nSPS) is 19.5. The van der Waals surface area contributed by atoms with Gasteiger partial charge in [0, 0.05) is 18.6 Å². The van der Waals surface area contributed by atoms with Crippen LogP contribution in [0, 0.1) is 0 Å². The average molecular weight is 226 g/mol. The largest absolute Gasteiger partial charge is 0.315 e. The highest BCUT2D eigenvalue weighted by Gasteiger charge is 2.26. The summed E-state index contributed by atoms with van der Waals surface area (Å²) in [5, 5.41) is 3.53. The Morgan fingerprint density at radius 1 is 1.19 bits per heavy atom. The molecule has 1 unspecified atom stereocenters. The van der Waals surface area contributed by atoms with Crippen molar-refractivity contribution in [3.8, 4) is 0 Å². The highest BCUT2D eigenvalue weighted by Crippen LogP contribution is 2.25. The summed E-state index contributed by atoms with van der Waals surface area (Å²) in [6, 6.07) is 1.64. The van der Waals surface area contributed by atoms with E-state index < -0.39 is 0 Å². The fourth-order valence-electron chi connectivity index (χ4n) is 3.08. The molecule has 2 heteroatoms. The minimum absolute atomic E-state index is 0.762. The fraction of sp³-hybridized carbons (Fsp3) is 1.00. The molecule has 0 saturated heterocycles. The second-order valence-corrected chi connectivity index (χ2v) is 5.02. The summed E-state index contributed by atoms with van der Waals surface area (Å²) in [5.41, 5.74) is 0. The van der Waals surface area contributed by atoms with Crippen LogP contribution in [-0.2, 0) is 0 Å². The standard InChI is InChI=1S/C14H30N2/c1-4-9-14(12-15-5-2)16(6-3)13-10-7-8-11-13/h13-15H,4-12H2,1-3H3. The molecule has 1 rings (SSSR count). The second kappa shape index (κ2) is 8.08. The molecule has 1 aliphatic rings. The monoisotopic (exact) mass is 226 g/mol. The van der Waals surface area contributed by atoms with Crippen molar-refractivity contribution >= 4 is 0 Å². The van der Waals surface area contributed by atoms with Crippen molar-refractivity contribution in [2.45, 2.75) is 71.4 Å². The van der Waals surface area contributed by atoms with Crippen molar-refractivity contribution in [1.82, 2.24) is 10.2 Å². The van der Waals surface area contributed by atoms with Crippen molar-refractivity contribution in [2.75, 3.05) is 19.6 Å². The van der Waals surface area contributed by atoms with Gasteiger partial charge in [-0.1, -0.05) is 40.0 Å². The van der Waals surface area contributed by atoms with Crippen LogP contribution in [0.5, 0.6) is 0 Å². The van der Waals surface area contributed by atoms with E-state index in [1.165, 1.54) is 51.6 Å². The number of rotatable bonds is 8. The van der Waals surface area contributed by atoms with Crippen LogP contribution in [-0.4, -0.2) is 36.6 Å². The van der Waals surface area contributed by atoms with Crippen LogP contribution in [0.4, 0.5) is 0 Å². The first-order valence-electron chi connectivity index (χ1n) is 7.29. The van der Waals surface area contributed by atoms with Crippen LogP contribution in [0.1, 0.15) is 59.3 Å². The number of hydrogen-bond acceptors (Lipinski definition) is 2. The van der Waals surface area contributed by atoms with Gasteiger partial charge in [-0.3, -0.25) is 4.90 Å². The summed E-state index contributed by atoms with van der Waals surface area (Å²) < 4.78 is 0. The zero-order chi connectivity index (χ0) is 11.8. The van der Waals surface area contributed by atoms with E-state index >= 15 is 0 Å². The molecule has 1 saturated carbocycles. The maximum atomic E-state index is 3.53. The number of likely N-dealkylation sites (N-methyl/N-ethyl adjacent to an activating group) is 2. The van der Waals surface area contributed by atoms with Gasteiger partial charge in [0.1, 0.15) is 0 Å². The maximum absolute atomic E-state index is 3.53. The lowest BCUT2D eigenvalue weighted by Gasteiger charge is -2.36. The first kappa shape index (κ1) is 14.0. The molecule has 0 heterocycles. The third-order valence-electron chi connectivity index (χ3n) is 3.88. The predicted molar refractivity (Wildman–Crippen MR) is 71.9 cm³/mol. The zero-order valence-electron chi connectivity index (χ0n) is 11.5. The lowest BCUT2D eigenvalue weighted by atomic mass is 10.1. The molecular formula is C14H30N2. The van der Waals surface area contributed by atoms with E-state index in [4.69, 9.17) is 0 Å². The Labute approximate surface area is 102 Å². The molecule has 1 aliphatic carbocycles. The van der Waals surface area contributed by atoms with E-state index in [9.17, 15) is 0 Å². The summed E-state index contributed by atoms with van der Waals surface area (Å²) >= 11 is 0. The molecule has 0 aromatic rings. The van der Waals surface area contributed by atoms with Gasteiger partial charge < -0.3 is 5.32 Å². The first-order valence-corrected chi connectivity index (χ1v) is 7.29. The highest BCUT2D eigenvalue weighted by molar-refractivity contribution is 4.83. The van der Waals surface area contributed by atoms with Crippen molar-refractivity contribution < 1.29 is 0 Å². The van der Waals surface area contributed by atoms with Crippen molar-refractivity contribution in [2.24, 2.45) is 0 Å². The van der Waals surface area contributed by atoms with Crippen molar-refractivity contribution in [1.29, 1.82) is 0 Å². The molecule has 2 nitrogen and oxygen atoms in total. The van der Waals surface area contributed by atoms with Crippen LogP contribution in [0.3, 0.4) is 0 Å². The molecular weight excluding hydrogens is 196 g/mol. The number of hydrogen-bond donors (Lipinski definition) is 1. The topological polar surface area (TPSA) is 15.3 Å². The Morgan fingerprint density at radius 3 is 2.38 bits per heavy atom. The van der Waals surface area contributed by atoms with Crippen LogP contribution >= 0.6 is 0 Å². The zero-order valence-corrected chi connectivity index (χ0v) is 11.5. The van der Waals surface area contributed by atoms with Crippen LogP contribution in [0.25, 0.3) is 0 Å². The molecule has 0 spiro atoms. The van der Waals surface area contributed by atoms with E-state index in [0.29, 0.717) is 0 Å². The minimum atomic E-state index is 0.762. The average Bonchev–Trinajstić information content (AvgIpc) is 2.80. The third kappa shape index (κ3) is 4.06. The Kier molecular flexibility index (Phi) is 7.06. The van der Waals surface area contributed by atoms with Gasteiger partial charge in [0.25, 0.3) is 0 Å². The van der Waals surface area contributed by atoms with Crippen LogP contribution < -0.4 is 5.32 Å². The van der Waals surface area contributed by atoms with Crippen molar-refractivity contribution in [3.05, 3.63) is 0 Å². The molecule has 0 radical (unpaired) electrons. The van der Waals surface area contributed by atoms with Gasteiger partial charge in [-0.2, -0.15) is 0 Å². The lowest BCUT2D eigenvalue weighted by Crippen LogP contribution is -2.47. The quantitative estimate of drug-likeness (QED) is 0.684. The highest BCUT2D eigenvalue weighted by atomic mass is 15.2. The van der Waals surface area contributed by atoms with Crippen molar-refractivity contribution in [3.63, 3.8) is 0 Å². The van der Waals surface area contributed by atoms with Crippen LogP contribution in [0.2, 0.25) is 0 Å². The summed E-state index contributed by atoms with van der Waals surface area (Å²) in [6.07, 6.45) is 8.40. The third-order valence-corrected chi connectivity index (χ3v) is 3.88. The van der Waals surface area contributed by atoms with E-state index in [1.807, 2.05) is 0 Å². The smallest absolute Gasteiger partial charge is 0.0223 e. The summed E-state index contributed by atoms with van der Waals surface area (Å²) in [7, 11) is 0. The molecule has 0 aromatic heterocycles. The maximum Gasteiger partial charge on any atom is 0.0223 e. The molecule has 96 valence electrons. The van der Waals surface area contributed by atoms with Crippen LogP contribution in [0.15, 0.2) is 0 Å². The van der Waals surface area contributed by atoms with Gasteiger partial charge in [-0.25, -0.2) is 0 Å². The molecule has 0 amide bonds. The van der Waals surface area contributed by atoms with Gasteiger partial charge in [0.05, 0.1) is 0 Å². The van der Waals surface area contributed by atoms with Gasteiger partial charge in [-0.05, 0) is 32.4 Å². The fourth-order valence-corrected chi connectivity index (χ4v) is 3.08. The van der Waals surface area contributed by atoms with Gasteiger partial charge in [-0.15, -0.1) is 0 Å². The summed E-state index contributed by atoms with van der Waals surface area (Å²) in [5.74, 6) is 0. The molecule has 16 heavy (non-hydrogen) atoms. The van der Waals surface area contributed by atoms with E-state index in [2.05, 4.69) is 31.0 Å². The van der Waals surface area contributed by atoms with Gasteiger partial charge in [0.2, 0.25) is 0 Å². The summed E-state index contributed by atoms with van der Waals surface area (Å²) in [6.45, 7) is 10.3. The molecule has 0 bridgehead atoms. The summed E-state index contributed by atoms with van der Waals surface area (Å²) in [4.78, 5) is 2.76. The van der Waals surface area contributed by atoms with E-state index in [0.717, 1.165) is 18.6 Å². The number of nitrogens with zero attached hydrogens (tertiary/aromatic N) is 1. The Morgan fingerprint density at radius 2 is 1.88 bits per heavy atom.